The Labute approximate surface area is 79.6 Å². The molecule has 12 heavy (non-hydrogen) atoms. The predicted octanol–water partition coefficient (Wildman–Crippen LogP) is 1.32. The lowest BCUT2D eigenvalue weighted by Gasteiger charge is -1.97. The fourth-order valence-corrected chi connectivity index (χ4v) is 1.77. The first kappa shape index (κ1) is 8.07. The molecule has 0 bridgehead atoms. The number of hydrogen-bond acceptors (Lipinski definition) is 4. The van der Waals surface area contributed by atoms with Crippen molar-refractivity contribution in [3.8, 4) is 0 Å². The van der Waals surface area contributed by atoms with Gasteiger partial charge >= 0.3 is 0 Å². The van der Waals surface area contributed by atoms with Crippen molar-refractivity contribution >= 4 is 29.9 Å². The first-order chi connectivity index (χ1) is 5.75. The number of carbonyl (C=O) groups is 1. The van der Waals surface area contributed by atoms with Gasteiger partial charge in [0.2, 0.25) is 0 Å². The van der Waals surface area contributed by atoms with E-state index >= 15 is 0 Å². The number of rotatable bonds is 2. The average molecular weight is 200 g/mol. The van der Waals surface area contributed by atoms with E-state index in [9.17, 15) is 4.79 Å². The molecular formula is C7H8N2OS2. The molecule has 5 heteroatoms. The maximum Gasteiger partial charge on any atom is 0.263 e. The van der Waals surface area contributed by atoms with Crippen LogP contribution in [0.1, 0.15) is 22.5 Å². The molecule has 1 aromatic heterocycles. The zero-order chi connectivity index (χ0) is 8.55. The first-order valence-corrected chi connectivity index (χ1v) is 4.98. The van der Waals surface area contributed by atoms with Gasteiger partial charge in [0.25, 0.3) is 5.91 Å². The monoisotopic (exact) mass is 200 g/mol. The van der Waals surface area contributed by atoms with E-state index in [2.05, 4.69) is 22.9 Å². The van der Waals surface area contributed by atoms with Crippen molar-refractivity contribution < 1.29 is 4.79 Å². The fourth-order valence-electron chi connectivity index (χ4n) is 0.854. The van der Waals surface area contributed by atoms with E-state index in [1.54, 1.807) is 6.20 Å². The Morgan fingerprint density at radius 1 is 1.75 bits per heavy atom. The maximum atomic E-state index is 11.3. The summed E-state index contributed by atoms with van der Waals surface area (Å²) in [5, 5.41) is 2.88. The van der Waals surface area contributed by atoms with Gasteiger partial charge in [-0.2, -0.15) is 0 Å². The second-order valence-electron chi connectivity index (χ2n) is 2.75. The standard InChI is InChI=1S/C7H8N2OS2/c10-6(9-4-1-2-4)5-3-8-7(11)12-5/h3-4H,1-2H2,(H,8,11)(H,9,10). The third kappa shape index (κ3) is 1.78. The van der Waals surface area contributed by atoms with Gasteiger partial charge in [-0.25, -0.2) is 4.98 Å². The normalized spacial score (nSPS) is 16.1. The number of nitrogens with zero attached hydrogens (tertiary/aromatic N) is 1. The van der Waals surface area contributed by atoms with E-state index in [1.807, 2.05) is 0 Å². The molecule has 0 atom stereocenters. The number of thiol groups is 1. The average Bonchev–Trinajstić information content (AvgIpc) is 2.72. The number of nitrogens with one attached hydrogen (secondary N) is 1. The van der Waals surface area contributed by atoms with Crippen LogP contribution in [0.2, 0.25) is 0 Å². The van der Waals surface area contributed by atoms with Gasteiger partial charge in [-0.1, -0.05) is 0 Å². The van der Waals surface area contributed by atoms with Crippen molar-refractivity contribution in [3.63, 3.8) is 0 Å². The van der Waals surface area contributed by atoms with Crippen LogP contribution in [0.4, 0.5) is 0 Å². The number of carbonyl (C=O) groups excluding carboxylic acids is 1. The molecule has 0 aliphatic heterocycles. The summed E-state index contributed by atoms with van der Waals surface area (Å²) < 4.78 is 0.635. The molecule has 2 rings (SSSR count). The maximum absolute atomic E-state index is 11.3. The fraction of sp³-hybridized carbons (Fsp3) is 0.429. The SMILES string of the molecule is O=C(NC1CC1)c1cnc(S)s1. The van der Waals surface area contributed by atoms with Crippen LogP contribution in [-0.4, -0.2) is 16.9 Å². The highest BCUT2D eigenvalue weighted by molar-refractivity contribution is 7.82. The van der Waals surface area contributed by atoms with Crippen molar-refractivity contribution in [1.29, 1.82) is 0 Å². The van der Waals surface area contributed by atoms with Gasteiger partial charge in [-0.15, -0.1) is 24.0 Å². The minimum atomic E-state index is -0.0182. The molecule has 0 spiro atoms. The Morgan fingerprint density at radius 2 is 2.50 bits per heavy atom. The first-order valence-electron chi connectivity index (χ1n) is 3.71. The van der Waals surface area contributed by atoms with Gasteiger partial charge in [0, 0.05) is 6.04 Å². The molecule has 0 radical (unpaired) electrons. The van der Waals surface area contributed by atoms with E-state index in [0.29, 0.717) is 15.3 Å². The zero-order valence-electron chi connectivity index (χ0n) is 6.28. The van der Waals surface area contributed by atoms with Crippen molar-refractivity contribution in [2.45, 2.75) is 23.2 Å². The molecule has 1 amide bonds. The highest BCUT2D eigenvalue weighted by Gasteiger charge is 2.24. The lowest BCUT2D eigenvalue weighted by atomic mass is 10.5. The summed E-state index contributed by atoms with van der Waals surface area (Å²) in [6.07, 6.45) is 3.78. The van der Waals surface area contributed by atoms with E-state index in [1.165, 1.54) is 11.3 Å². The van der Waals surface area contributed by atoms with Crippen LogP contribution in [0.25, 0.3) is 0 Å². The van der Waals surface area contributed by atoms with E-state index in [-0.39, 0.29) is 5.91 Å². The van der Waals surface area contributed by atoms with Crippen LogP contribution < -0.4 is 5.32 Å². The Kier molecular flexibility index (Phi) is 2.06. The van der Waals surface area contributed by atoms with Gasteiger partial charge < -0.3 is 5.32 Å². The molecule has 0 saturated heterocycles. The molecule has 1 aliphatic rings. The van der Waals surface area contributed by atoms with Crippen LogP contribution in [-0.2, 0) is 0 Å². The molecular weight excluding hydrogens is 192 g/mol. The summed E-state index contributed by atoms with van der Waals surface area (Å²) in [6, 6.07) is 0.406. The summed E-state index contributed by atoms with van der Waals surface area (Å²) in [4.78, 5) is 15.9. The molecule has 1 fully saturated rings. The highest BCUT2D eigenvalue weighted by Crippen LogP contribution is 2.21. The zero-order valence-corrected chi connectivity index (χ0v) is 7.99. The topological polar surface area (TPSA) is 42.0 Å². The second kappa shape index (κ2) is 3.06. The Balaban J connectivity index is 2.03. The summed E-state index contributed by atoms with van der Waals surface area (Å²) in [5.41, 5.74) is 0. The van der Waals surface area contributed by atoms with Gasteiger partial charge in [0.1, 0.15) is 9.22 Å². The van der Waals surface area contributed by atoms with Crippen molar-refractivity contribution in [2.24, 2.45) is 0 Å². The van der Waals surface area contributed by atoms with Gasteiger partial charge in [-0.3, -0.25) is 4.79 Å². The largest absolute Gasteiger partial charge is 0.349 e. The van der Waals surface area contributed by atoms with E-state index in [4.69, 9.17) is 0 Å². The van der Waals surface area contributed by atoms with E-state index in [0.717, 1.165) is 12.8 Å². The predicted molar refractivity (Wildman–Crippen MR) is 49.9 cm³/mol. The van der Waals surface area contributed by atoms with Crippen LogP contribution in [0.3, 0.4) is 0 Å². The molecule has 1 aromatic rings. The van der Waals surface area contributed by atoms with Crippen molar-refractivity contribution in [2.75, 3.05) is 0 Å². The quantitative estimate of drug-likeness (QED) is 0.707. The van der Waals surface area contributed by atoms with Crippen LogP contribution in [0.5, 0.6) is 0 Å². The number of hydrogen-bond donors (Lipinski definition) is 2. The molecule has 3 nitrogen and oxygen atoms in total. The summed E-state index contributed by atoms with van der Waals surface area (Å²) in [5.74, 6) is -0.0182. The Hall–Kier alpha value is -0.550. The van der Waals surface area contributed by atoms with Crippen LogP contribution in [0, 0.1) is 0 Å². The third-order valence-electron chi connectivity index (χ3n) is 1.63. The summed E-state index contributed by atoms with van der Waals surface area (Å²) in [7, 11) is 0. The second-order valence-corrected chi connectivity index (χ2v) is 4.51. The van der Waals surface area contributed by atoms with Crippen molar-refractivity contribution in [1.82, 2.24) is 10.3 Å². The van der Waals surface area contributed by atoms with Crippen LogP contribution >= 0.6 is 24.0 Å². The minimum Gasteiger partial charge on any atom is -0.349 e. The molecule has 1 saturated carbocycles. The smallest absolute Gasteiger partial charge is 0.263 e. The number of amides is 1. The lowest BCUT2D eigenvalue weighted by Crippen LogP contribution is -2.24. The van der Waals surface area contributed by atoms with Gasteiger partial charge in [0.05, 0.1) is 6.20 Å². The Morgan fingerprint density at radius 3 is 3.00 bits per heavy atom. The molecule has 1 aliphatic carbocycles. The van der Waals surface area contributed by atoms with Crippen molar-refractivity contribution in [3.05, 3.63) is 11.1 Å². The number of aromatic nitrogens is 1. The van der Waals surface area contributed by atoms with Crippen LogP contribution in [0.15, 0.2) is 10.5 Å². The molecule has 1 heterocycles. The number of thiazole rings is 1. The third-order valence-corrected chi connectivity index (χ3v) is 2.82. The van der Waals surface area contributed by atoms with E-state index < -0.39 is 0 Å². The Bertz CT molecular complexity index is 306. The molecule has 0 aromatic carbocycles. The lowest BCUT2D eigenvalue weighted by molar-refractivity contribution is 0.0955. The minimum absolute atomic E-state index is 0.0182. The molecule has 64 valence electrons. The summed E-state index contributed by atoms with van der Waals surface area (Å²) in [6.45, 7) is 0. The highest BCUT2D eigenvalue weighted by atomic mass is 32.2. The molecule has 0 unspecified atom stereocenters. The van der Waals surface area contributed by atoms with Gasteiger partial charge in [-0.05, 0) is 12.8 Å². The molecule has 1 N–H and O–H groups in total. The van der Waals surface area contributed by atoms with Gasteiger partial charge in [0.15, 0.2) is 0 Å². The summed E-state index contributed by atoms with van der Waals surface area (Å²) >= 11 is 5.34.